The van der Waals surface area contributed by atoms with E-state index in [1.807, 2.05) is 20.9 Å². The molecule has 0 spiro atoms. The van der Waals surface area contributed by atoms with Crippen LogP contribution in [0.25, 0.3) is 0 Å². The Bertz CT molecular complexity index is 536. The maximum atomic E-state index is 12.3. The van der Waals surface area contributed by atoms with Gasteiger partial charge >= 0.3 is 5.97 Å². The number of nitrogens with zero attached hydrogens (tertiary/aromatic N) is 3. The third-order valence-corrected chi connectivity index (χ3v) is 4.06. The number of methoxy groups -OCH3 is 1. The lowest BCUT2D eigenvalue weighted by atomic mass is 10.1. The zero-order chi connectivity index (χ0) is 14.9. The van der Waals surface area contributed by atoms with Gasteiger partial charge in [0.15, 0.2) is 0 Å². The summed E-state index contributed by atoms with van der Waals surface area (Å²) in [6.45, 7) is 4.96. The van der Waals surface area contributed by atoms with Gasteiger partial charge in [-0.1, -0.05) is 0 Å². The number of ether oxygens (including phenoxy) is 1. The fourth-order valence-electron chi connectivity index (χ4n) is 2.68. The first-order valence-electron chi connectivity index (χ1n) is 6.78. The van der Waals surface area contributed by atoms with E-state index >= 15 is 0 Å². The highest BCUT2D eigenvalue weighted by Crippen LogP contribution is 2.20. The Hall–Kier alpha value is -1.85. The number of esters is 1. The van der Waals surface area contributed by atoms with E-state index in [1.54, 1.807) is 9.58 Å². The summed E-state index contributed by atoms with van der Waals surface area (Å²) in [5.41, 5.74) is 2.89. The molecule has 1 aromatic heterocycles. The van der Waals surface area contributed by atoms with Gasteiger partial charge in [-0.3, -0.25) is 14.3 Å². The van der Waals surface area contributed by atoms with Gasteiger partial charge in [-0.25, -0.2) is 0 Å². The number of likely N-dealkylation sites (tertiary alicyclic amines) is 1. The molecule has 110 valence electrons. The normalized spacial score (nSPS) is 18.4. The number of hydrogen-bond donors (Lipinski definition) is 0. The molecule has 6 nitrogen and oxygen atoms in total. The molecule has 6 heteroatoms. The molecule has 1 atom stereocenters. The van der Waals surface area contributed by atoms with Gasteiger partial charge < -0.3 is 9.64 Å². The first kappa shape index (κ1) is 14.6. The van der Waals surface area contributed by atoms with Gasteiger partial charge in [0.1, 0.15) is 0 Å². The van der Waals surface area contributed by atoms with Crippen LogP contribution in [0.4, 0.5) is 0 Å². The minimum absolute atomic E-state index is 0.0515. The van der Waals surface area contributed by atoms with Crippen LogP contribution in [0.2, 0.25) is 0 Å². The van der Waals surface area contributed by atoms with Gasteiger partial charge in [0, 0.05) is 31.4 Å². The van der Waals surface area contributed by atoms with Crippen molar-refractivity contribution in [3.8, 4) is 0 Å². The molecule has 1 amide bonds. The molecule has 0 aromatic carbocycles. The highest BCUT2D eigenvalue weighted by Gasteiger charge is 2.32. The number of carbonyl (C=O) groups excluding carboxylic acids is 2. The zero-order valence-corrected chi connectivity index (χ0v) is 12.5. The quantitative estimate of drug-likeness (QED) is 0.760. The number of carbonyl (C=O) groups is 2. The van der Waals surface area contributed by atoms with Crippen molar-refractivity contribution in [2.45, 2.75) is 26.7 Å². The lowest BCUT2D eigenvalue weighted by molar-refractivity contribution is -0.145. The van der Waals surface area contributed by atoms with E-state index in [2.05, 4.69) is 5.10 Å². The van der Waals surface area contributed by atoms with E-state index in [-0.39, 0.29) is 17.8 Å². The van der Waals surface area contributed by atoms with Crippen molar-refractivity contribution in [1.29, 1.82) is 0 Å². The molecule has 1 saturated heterocycles. The molecule has 0 aliphatic carbocycles. The summed E-state index contributed by atoms with van der Waals surface area (Å²) in [4.78, 5) is 25.5. The zero-order valence-electron chi connectivity index (χ0n) is 12.5. The molecule has 0 N–H and O–H groups in total. The molecule has 1 fully saturated rings. The molecule has 1 unspecified atom stereocenters. The Balaban J connectivity index is 2.01. The van der Waals surface area contributed by atoms with Gasteiger partial charge in [0.25, 0.3) is 0 Å². The summed E-state index contributed by atoms with van der Waals surface area (Å²) in [7, 11) is 3.26. The van der Waals surface area contributed by atoms with Crippen LogP contribution in [-0.2, 0) is 27.8 Å². The van der Waals surface area contributed by atoms with Gasteiger partial charge in [0.05, 0.1) is 25.1 Å². The number of hydrogen-bond acceptors (Lipinski definition) is 4. The van der Waals surface area contributed by atoms with Gasteiger partial charge in [-0.2, -0.15) is 5.10 Å². The molecule has 0 saturated carbocycles. The van der Waals surface area contributed by atoms with Gasteiger partial charge in [0.2, 0.25) is 5.91 Å². The molecule has 0 bridgehead atoms. The predicted octanol–water partition coefficient (Wildman–Crippen LogP) is 0.601. The first-order chi connectivity index (χ1) is 9.43. The molecule has 1 aliphatic rings. The standard InChI is InChI=1S/C14H21N3O3/c1-9-12(10(2)16(3)15-9)7-13(18)17-6-5-11(8-17)14(19)20-4/h11H,5-8H2,1-4H3. The van der Waals surface area contributed by atoms with Crippen molar-refractivity contribution in [2.75, 3.05) is 20.2 Å². The third-order valence-electron chi connectivity index (χ3n) is 4.06. The first-order valence-corrected chi connectivity index (χ1v) is 6.78. The Morgan fingerprint density at radius 1 is 1.40 bits per heavy atom. The van der Waals surface area contributed by atoms with Crippen molar-refractivity contribution in [3.05, 3.63) is 17.0 Å². The number of aromatic nitrogens is 2. The number of rotatable bonds is 3. The summed E-state index contributed by atoms with van der Waals surface area (Å²) in [5.74, 6) is -0.357. The molecule has 0 radical (unpaired) electrons. The maximum absolute atomic E-state index is 12.3. The van der Waals surface area contributed by atoms with Crippen LogP contribution in [0, 0.1) is 19.8 Å². The van der Waals surface area contributed by atoms with Gasteiger partial charge in [-0.05, 0) is 20.3 Å². The fraction of sp³-hybridized carbons (Fsp3) is 0.643. The van der Waals surface area contributed by atoms with Crippen LogP contribution >= 0.6 is 0 Å². The summed E-state index contributed by atoms with van der Waals surface area (Å²) >= 11 is 0. The molecular formula is C14H21N3O3. The fourth-order valence-corrected chi connectivity index (χ4v) is 2.68. The van der Waals surface area contributed by atoms with Crippen molar-refractivity contribution in [2.24, 2.45) is 13.0 Å². The van der Waals surface area contributed by atoms with E-state index in [0.717, 1.165) is 17.0 Å². The van der Waals surface area contributed by atoms with Crippen LogP contribution < -0.4 is 0 Å². The molecule has 1 aromatic rings. The van der Waals surface area contributed by atoms with E-state index in [9.17, 15) is 9.59 Å². The lowest BCUT2D eigenvalue weighted by Crippen LogP contribution is -2.31. The van der Waals surface area contributed by atoms with Gasteiger partial charge in [-0.15, -0.1) is 0 Å². The molecular weight excluding hydrogens is 258 g/mol. The van der Waals surface area contributed by atoms with Crippen molar-refractivity contribution < 1.29 is 14.3 Å². The summed E-state index contributed by atoms with van der Waals surface area (Å²) in [6, 6.07) is 0. The Kier molecular flexibility index (Phi) is 4.11. The average molecular weight is 279 g/mol. The lowest BCUT2D eigenvalue weighted by Gasteiger charge is -2.16. The number of aryl methyl sites for hydroxylation is 2. The van der Waals surface area contributed by atoms with Crippen molar-refractivity contribution >= 4 is 11.9 Å². The van der Waals surface area contributed by atoms with Crippen LogP contribution in [0.15, 0.2) is 0 Å². The second-order valence-electron chi connectivity index (χ2n) is 5.30. The predicted molar refractivity (Wildman–Crippen MR) is 73.1 cm³/mol. The minimum Gasteiger partial charge on any atom is -0.469 e. The van der Waals surface area contributed by atoms with E-state index < -0.39 is 0 Å². The Morgan fingerprint density at radius 2 is 2.10 bits per heavy atom. The highest BCUT2D eigenvalue weighted by molar-refractivity contribution is 5.81. The molecule has 20 heavy (non-hydrogen) atoms. The van der Waals surface area contributed by atoms with Crippen LogP contribution in [0.5, 0.6) is 0 Å². The summed E-state index contributed by atoms with van der Waals surface area (Å²) in [6.07, 6.45) is 1.03. The van der Waals surface area contributed by atoms with Crippen LogP contribution in [-0.4, -0.2) is 46.8 Å². The topological polar surface area (TPSA) is 64.4 Å². The smallest absolute Gasteiger partial charge is 0.310 e. The third kappa shape index (κ3) is 2.69. The SMILES string of the molecule is COC(=O)C1CCN(C(=O)Cc2c(C)nn(C)c2C)C1. The molecule has 2 heterocycles. The van der Waals surface area contributed by atoms with E-state index in [4.69, 9.17) is 4.74 Å². The van der Waals surface area contributed by atoms with E-state index in [0.29, 0.717) is 25.9 Å². The monoisotopic (exact) mass is 279 g/mol. The summed E-state index contributed by atoms with van der Waals surface area (Å²) in [5, 5.41) is 4.32. The maximum Gasteiger partial charge on any atom is 0.310 e. The minimum atomic E-state index is -0.228. The number of amides is 1. The van der Waals surface area contributed by atoms with Crippen LogP contribution in [0.3, 0.4) is 0 Å². The van der Waals surface area contributed by atoms with E-state index in [1.165, 1.54) is 7.11 Å². The highest BCUT2D eigenvalue weighted by atomic mass is 16.5. The van der Waals surface area contributed by atoms with Crippen molar-refractivity contribution in [1.82, 2.24) is 14.7 Å². The second-order valence-corrected chi connectivity index (χ2v) is 5.30. The van der Waals surface area contributed by atoms with Crippen molar-refractivity contribution in [3.63, 3.8) is 0 Å². The molecule has 2 rings (SSSR count). The average Bonchev–Trinajstić information content (AvgIpc) is 2.99. The summed E-state index contributed by atoms with van der Waals surface area (Å²) < 4.78 is 6.52. The Labute approximate surface area is 118 Å². The molecule has 1 aliphatic heterocycles. The Morgan fingerprint density at radius 3 is 2.65 bits per heavy atom. The second kappa shape index (κ2) is 5.64. The van der Waals surface area contributed by atoms with Crippen LogP contribution in [0.1, 0.15) is 23.4 Å². The largest absolute Gasteiger partial charge is 0.469 e.